The van der Waals surface area contributed by atoms with Crippen molar-refractivity contribution in [2.75, 3.05) is 0 Å². The van der Waals surface area contributed by atoms with Crippen LogP contribution >= 0.6 is 0 Å². The monoisotopic (exact) mass is 370 g/mol. The average molecular weight is 371 g/mol. The number of benzene rings is 3. The maximum atomic E-state index is 11.5. The van der Waals surface area contributed by atoms with Gasteiger partial charge in [0.1, 0.15) is 8.07 Å². The summed E-state index contributed by atoms with van der Waals surface area (Å²) >= 11 is 0. The largest absolute Gasteiger partial charge is 0.392 e. The van der Waals surface area contributed by atoms with Crippen molar-refractivity contribution in [1.29, 1.82) is 0 Å². The van der Waals surface area contributed by atoms with Gasteiger partial charge in [0.25, 0.3) is 0 Å². The standard InChI is InChI=1S/C25H26OSi/c1-20(21-12-5-2-6-13-21)25(26)24-18-11-19-27(24,22-14-7-3-8-15-22)23-16-9-4-10-17-23/h2-18,20,24-26H,19H2,1H3/t20-,24+,25-/m1/s1. The summed E-state index contributed by atoms with van der Waals surface area (Å²) in [6.45, 7) is 2.15. The van der Waals surface area contributed by atoms with E-state index in [2.05, 4.69) is 104 Å². The molecule has 1 heterocycles. The summed E-state index contributed by atoms with van der Waals surface area (Å²) in [6, 6.07) is 33.2. The van der Waals surface area contributed by atoms with Gasteiger partial charge < -0.3 is 5.11 Å². The summed E-state index contributed by atoms with van der Waals surface area (Å²) < 4.78 is 0. The van der Waals surface area contributed by atoms with Crippen LogP contribution in [0.5, 0.6) is 0 Å². The zero-order chi connectivity index (χ0) is 18.7. The third-order valence-electron chi connectivity index (χ3n) is 6.14. The zero-order valence-electron chi connectivity index (χ0n) is 15.7. The highest BCUT2D eigenvalue weighted by Crippen LogP contribution is 2.41. The van der Waals surface area contributed by atoms with Crippen LogP contribution in [0.3, 0.4) is 0 Å². The zero-order valence-corrected chi connectivity index (χ0v) is 16.7. The minimum Gasteiger partial charge on any atom is -0.392 e. The molecular formula is C25H26OSi. The molecule has 1 aliphatic heterocycles. The Balaban J connectivity index is 1.80. The lowest BCUT2D eigenvalue weighted by atomic mass is 9.93. The minimum absolute atomic E-state index is 0.0956. The smallest absolute Gasteiger partial charge is 0.130 e. The van der Waals surface area contributed by atoms with Gasteiger partial charge in [0.05, 0.1) is 6.10 Å². The van der Waals surface area contributed by atoms with Gasteiger partial charge >= 0.3 is 0 Å². The quantitative estimate of drug-likeness (QED) is 0.523. The highest BCUT2D eigenvalue weighted by Gasteiger charge is 2.49. The molecule has 0 fully saturated rings. The Kier molecular flexibility index (Phi) is 5.10. The van der Waals surface area contributed by atoms with E-state index in [4.69, 9.17) is 0 Å². The van der Waals surface area contributed by atoms with Crippen molar-refractivity contribution < 1.29 is 5.11 Å². The predicted octanol–water partition coefficient (Wildman–Crippen LogP) is 4.35. The Hall–Kier alpha value is -2.42. The molecule has 0 saturated heterocycles. The van der Waals surface area contributed by atoms with Crippen molar-refractivity contribution in [3.63, 3.8) is 0 Å². The number of aliphatic hydroxyl groups excluding tert-OH is 1. The first-order chi connectivity index (χ1) is 13.2. The summed E-state index contributed by atoms with van der Waals surface area (Å²) in [7, 11) is -2.13. The lowest BCUT2D eigenvalue weighted by Gasteiger charge is -2.39. The molecule has 136 valence electrons. The van der Waals surface area contributed by atoms with Crippen LogP contribution in [0.1, 0.15) is 18.4 Å². The normalized spacial score (nSPS) is 20.3. The lowest BCUT2D eigenvalue weighted by Crippen LogP contribution is -2.62. The second-order valence-electron chi connectivity index (χ2n) is 7.55. The Morgan fingerprint density at radius 1 is 0.778 bits per heavy atom. The SMILES string of the molecule is C[C@H](c1ccccc1)[C@@H](O)[C@@H]1C=CC[Si]1(c1ccccc1)c1ccccc1. The Morgan fingerprint density at radius 2 is 1.26 bits per heavy atom. The third kappa shape index (κ3) is 3.20. The van der Waals surface area contributed by atoms with Crippen molar-refractivity contribution in [3.05, 3.63) is 109 Å². The second-order valence-corrected chi connectivity index (χ2v) is 11.7. The Morgan fingerprint density at radius 3 is 1.78 bits per heavy atom. The summed E-state index contributed by atoms with van der Waals surface area (Å²) in [5, 5.41) is 14.3. The van der Waals surface area contributed by atoms with Crippen molar-refractivity contribution in [3.8, 4) is 0 Å². The van der Waals surface area contributed by atoms with Crippen LogP contribution in [0.4, 0.5) is 0 Å². The first kappa shape index (κ1) is 18.0. The van der Waals surface area contributed by atoms with Crippen LogP contribution in [0.2, 0.25) is 11.6 Å². The van der Waals surface area contributed by atoms with E-state index in [1.54, 1.807) is 0 Å². The fourth-order valence-electron chi connectivity index (χ4n) is 4.63. The number of rotatable bonds is 5. The molecule has 0 aromatic heterocycles. The summed E-state index contributed by atoms with van der Waals surface area (Å²) in [4.78, 5) is 0. The Labute approximate surface area is 163 Å². The molecule has 0 radical (unpaired) electrons. The van der Waals surface area contributed by atoms with Gasteiger partial charge in [-0.05, 0) is 11.6 Å². The first-order valence-electron chi connectivity index (χ1n) is 9.74. The van der Waals surface area contributed by atoms with Crippen LogP contribution < -0.4 is 10.4 Å². The van der Waals surface area contributed by atoms with Crippen LogP contribution in [0.15, 0.2) is 103 Å². The molecule has 0 amide bonds. The van der Waals surface area contributed by atoms with Crippen LogP contribution in [-0.4, -0.2) is 19.3 Å². The van der Waals surface area contributed by atoms with Crippen LogP contribution in [0.25, 0.3) is 0 Å². The molecule has 3 atom stereocenters. The molecule has 3 aromatic rings. The highest BCUT2D eigenvalue weighted by molar-refractivity contribution is 7.04. The van der Waals surface area contributed by atoms with Gasteiger partial charge in [-0.1, -0.05) is 120 Å². The molecule has 4 rings (SSSR count). The molecule has 0 saturated carbocycles. The maximum absolute atomic E-state index is 11.5. The molecular weight excluding hydrogens is 344 g/mol. The van der Waals surface area contributed by atoms with E-state index in [1.807, 2.05) is 6.07 Å². The van der Waals surface area contributed by atoms with E-state index in [0.29, 0.717) is 0 Å². The van der Waals surface area contributed by atoms with Gasteiger partial charge in [-0.3, -0.25) is 0 Å². The number of hydrogen-bond acceptors (Lipinski definition) is 1. The maximum Gasteiger partial charge on any atom is 0.130 e. The average Bonchev–Trinajstić information content (AvgIpc) is 3.20. The summed E-state index contributed by atoms with van der Waals surface area (Å²) in [5.41, 5.74) is 1.37. The van der Waals surface area contributed by atoms with Gasteiger partial charge in [-0.2, -0.15) is 0 Å². The third-order valence-corrected chi connectivity index (χ3v) is 11.4. The van der Waals surface area contributed by atoms with Crippen LogP contribution in [-0.2, 0) is 0 Å². The molecule has 1 nitrogen and oxygen atoms in total. The first-order valence-corrected chi connectivity index (χ1v) is 12.0. The predicted molar refractivity (Wildman–Crippen MR) is 116 cm³/mol. The number of hydrogen-bond donors (Lipinski definition) is 1. The molecule has 2 heteroatoms. The summed E-state index contributed by atoms with van der Waals surface area (Å²) in [5.74, 6) is 0.0956. The van der Waals surface area contributed by atoms with Gasteiger partial charge in [0.15, 0.2) is 0 Å². The van der Waals surface area contributed by atoms with E-state index < -0.39 is 14.2 Å². The number of allylic oxidation sites excluding steroid dienone is 1. The summed E-state index contributed by atoms with van der Waals surface area (Å²) in [6.07, 6.45) is 4.19. The van der Waals surface area contributed by atoms with Gasteiger partial charge in [0.2, 0.25) is 0 Å². The fraction of sp³-hybridized carbons (Fsp3) is 0.200. The molecule has 3 aromatic carbocycles. The van der Waals surface area contributed by atoms with E-state index in [0.717, 1.165) is 6.04 Å². The van der Waals surface area contributed by atoms with Gasteiger partial charge in [0, 0.05) is 11.5 Å². The van der Waals surface area contributed by atoms with Gasteiger partial charge in [-0.25, -0.2) is 0 Å². The van der Waals surface area contributed by atoms with E-state index in [1.165, 1.54) is 15.9 Å². The van der Waals surface area contributed by atoms with E-state index >= 15 is 0 Å². The minimum atomic E-state index is -2.13. The van der Waals surface area contributed by atoms with Gasteiger partial charge in [-0.15, -0.1) is 0 Å². The highest BCUT2D eigenvalue weighted by atomic mass is 28.3. The van der Waals surface area contributed by atoms with Crippen molar-refractivity contribution in [2.45, 2.75) is 30.5 Å². The van der Waals surface area contributed by atoms with Crippen molar-refractivity contribution >= 4 is 18.4 Å². The molecule has 0 spiro atoms. The molecule has 27 heavy (non-hydrogen) atoms. The topological polar surface area (TPSA) is 20.2 Å². The second kappa shape index (κ2) is 7.67. The van der Waals surface area contributed by atoms with Crippen LogP contribution in [0, 0.1) is 0 Å². The lowest BCUT2D eigenvalue weighted by molar-refractivity contribution is 0.151. The molecule has 0 aliphatic carbocycles. The molecule has 0 unspecified atom stereocenters. The van der Waals surface area contributed by atoms with Crippen molar-refractivity contribution in [1.82, 2.24) is 0 Å². The Bertz CT molecular complexity index is 850. The van der Waals surface area contributed by atoms with E-state index in [9.17, 15) is 5.11 Å². The number of aliphatic hydroxyl groups is 1. The fourth-order valence-corrected chi connectivity index (χ4v) is 9.89. The molecule has 0 bridgehead atoms. The molecule has 1 aliphatic rings. The van der Waals surface area contributed by atoms with E-state index in [-0.39, 0.29) is 11.5 Å². The molecule has 1 N–H and O–H groups in total. The van der Waals surface area contributed by atoms with Crippen molar-refractivity contribution in [2.24, 2.45) is 0 Å².